The molecule has 14 aromatic carbocycles. The van der Waals surface area contributed by atoms with E-state index in [2.05, 4.69) is 308 Å². The van der Waals surface area contributed by atoms with Crippen LogP contribution in [-0.4, -0.2) is 0 Å². The maximum Gasteiger partial charge on any atom is 0.140 e. The molecular weight excluding hydrogens is 1030 g/mol. The van der Waals surface area contributed by atoms with E-state index in [1.54, 1.807) is 0 Å². The molecular formula is C82H51NO2. The molecule has 0 N–H and O–H groups in total. The Morgan fingerprint density at radius 2 is 0.776 bits per heavy atom. The summed E-state index contributed by atoms with van der Waals surface area (Å²) < 4.78 is 13.7. The van der Waals surface area contributed by atoms with Crippen molar-refractivity contribution in [1.82, 2.24) is 0 Å². The van der Waals surface area contributed by atoms with Gasteiger partial charge in [-0.25, -0.2) is 0 Å². The molecule has 0 bridgehead atoms. The second kappa shape index (κ2) is 18.2. The number of nitrogens with zero attached hydrogens (tertiary/aromatic N) is 1. The van der Waals surface area contributed by atoms with Gasteiger partial charge in [-0.1, -0.05) is 261 Å². The van der Waals surface area contributed by atoms with E-state index >= 15 is 0 Å². The summed E-state index contributed by atoms with van der Waals surface area (Å²) in [6, 6.07) is 114. The van der Waals surface area contributed by atoms with Gasteiger partial charge in [0.25, 0.3) is 0 Å². The Morgan fingerprint density at radius 3 is 1.45 bits per heavy atom. The van der Waals surface area contributed by atoms with E-state index in [9.17, 15) is 0 Å². The molecule has 0 atom stereocenters. The van der Waals surface area contributed by atoms with Crippen LogP contribution in [0.1, 0.15) is 44.5 Å². The third-order valence-electron chi connectivity index (χ3n) is 18.8. The van der Waals surface area contributed by atoms with Crippen LogP contribution in [0.25, 0.3) is 88.0 Å². The van der Waals surface area contributed by atoms with Crippen LogP contribution in [-0.2, 0) is 10.8 Å². The van der Waals surface area contributed by atoms with Crippen LogP contribution in [0.5, 0.6) is 11.5 Å². The molecule has 1 aromatic heterocycles. The number of fused-ring (bicyclic) bond motifs is 19. The van der Waals surface area contributed by atoms with Gasteiger partial charge in [0.2, 0.25) is 0 Å². The highest BCUT2D eigenvalue weighted by Crippen LogP contribution is 2.65. The minimum absolute atomic E-state index is 0.563. The van der Waals surface area contributed by atoms with Gasteiger partial charge in [0, 0.05) is 49.6 Å². The van der Waals surface area contributed by atoms with Crippen LogP contribution in [0, 0.1) is 0 Å². The lowest BCUT2D eigenvalue weighted by molar-refractivity contribution is 0.447. The highest BCUT2D eigenvalue weighted by atomic mass is 16.5. The molecule has 0 radical (unpaired) electrons. The molecule has 0 amide bonds. The molecule has 0 fully saturated rings. The summed E-state index contributed by atoms with van der Waals surface area (Å²) in [5.41, 5.74) is 23.1. The number of hydrogen-bond donors (Lipinski definition) is 0. The number of ether oxygens (including phenoxy) is 1. The lowest BCUT2D eigenvalue weighted by Gasteiger charge is -2.40. The number of hydrogen-bond acceptors (Lipinski definition) is 3. The van der Waals surface area contributed by atoms with Gasteiger partial charge >= 0.3 is 0 Å². The fourth-order valence-electron chi connectivity index (χ4n) is 15.3. The van der Waals surface area contributed by atoms with E-state index in [0.29, 0.717) is 0 Å². The van der Waals surface area contributed by atoms with E-state index in [1.165, 1.54) is 55.6 Å². The lowest BCUT2D eigenvalue weighted by atomic mass is 9.65. The number of rotatable bonds is 7. The summed E-state index contributed by atoms with van der Waals surface area (Å²) in [6.07, 6.45) is 0. The molecule has 3 nitrogen and oxygen atoms in total. The first-order valence-corrected chi connectivity index (χ1v) is 29.4. The van der Waals surface area contributed by atoms with Crippen LogP contribution < -0.4 is 9.64 Å². The fourth-order valence-corrected chi connectivity index (χ4v) is 15.3. The molecule has 2 heterocycles. The Balaban J connectivity index is 0.831. The monoisotopic (exact) mass is 1080 g/mol. The normalized spacial score (nSPS) is 13.7. The molecule has 85 heavy (non-hydrogen) atoms. The summed E-state index contributed by atoms with van der Waals surface area (Å²) in [6.45, 7) is 0. The van der Waals surface area contributed by atoms with Crippen molar-refractivity contribution in [3.05, 3.63) is 354 Å². The Labute approximate surface area is 492 Å². The van der Waals surface area contributed by atoms with E-state index in [4.69, 9.17) is 9.15 Å². The number of benzene rings is 14. The van der Waals surface area contributed by atoms with Gasteiger partial charge in [0.15, 0.2) is 0 Å². The number of para-hydroxylation sites is 1. The van der Waals surface area contributed by atoms with Gasteiger partial charge in [-0.3, -0.25) is 0 Å². The standard InChI is InChI=1S/C82H51NO2/c1-3-21-57(22-4-1)81(58-23-5-2-6-24-58)69-32-15-12-28-66(69)78-70(81)33-18-34-74(78)83(60-46-39-55(40-47-60)61-30-17-36-76-77(61)67-29-13-16-35-75(67)84-76)59-44-37-52(38-45-59)56-41-48-65-64-27-11-14-31-68(64)82(73(65)51-56)71-49-42-53-19-7-9-25-62(53)79(71)85-80-63-26-10-8-20-54(63)43-50-72(80)82/h1-51H. The third-order valence-corrected chi connectivity index (χ3v) is 18.8. The second-order valence-corrected chi connectivity index (χ2v) is 22.9. The quantitative estimate of drug-likeness (QED) is 0.159. The number of furan rings is 1. The zero-order valence-corrected chi connectivity index (χ0v) is 46.2. The Bertz CT molecular complexity index is 5090. The molecule has 396 valence electrons. The van der Waals surface area contributed by atoms with Gasteiger partial charge in [0.05, 0.1) is 16.5 Å². The maximum atomic E-state index is 7.30. The number of anilines is 3. The van der Waals surface area contributed by atoms with E-state index in [-0.39, 0.29) is 0 Å². The zero-order chi connectivity index (χ0) is 55.8. The topological polar surface area (TPSA) is 25.6 Å². The van der Waals surface area contributed by atoms with E-state index in [1.807, 2.05) is 6.07 Å². The maximum absolute atomic E-state index is 7.30. The van der Waals surface area contributed by atoms with Crippen LogP contribution in [0.4, 0.5) is 17.1 Å². The largest absolute Gasteiger partial charge is 0.456 e. The first kappa shape index (κ1) is 47.6. The van der Waals surface area contributed by atoms with Crippen LogP contribution in [0.15, 0.2) is 314 Å². The summed E-state index contributed by atoms with van der Waals surface area (Å²) in [5.74, 6) is 1.83. The van der Waals surface area contributed by atoms with Crippen molar-refractivity contribution >= 4 is 60.5 Å². The fraction of sp³-hybridized carbons (Fsp3) is 0.0244. The molecule has 3 aliphatic rings. The molecule has 2 aliphatic carbocycles. The van der Waals surface area contributed by atoms with Gasteiger partial charge in [-0.05, 0) is 132 Å². The van der Waals surface area contributed by atoms with Gasteiger partial charge in [-0.2, -0.15) is 0 Å². The average molecular weight is 1080 g/mol. The second-order valence-electron chi connectivity index (χ2n) is 22.9. The zero-order valence-electron chi connectivity index (χ0n) is 46.2. The summed E-state index contributed by atoms with van der Waals surface area (Å²) in [5, 5.41) is 6.77. The van der Waals surface area contributed by atoms with Crippen molar-refractivity contribution in [2.24, 2.45) is 0 Å². The average Bonchev–Trinajstić information content (AvgIpc) is 1.75. The SMILES string of the molecule is c1ccc(C2(c3ccccc3)c3ccccc3-c3c(N(c4ccc(-c5ccc6c(c5)C5(c7ccccc7-6)c6ccc7ccccc7c6Oc6c5ccc5ccccc65)cc4)c4ccc(-c5cccc6oc7ccccc7c56)cc4)cccc32)cc1. The minimum atomic E-state index is -0.656. The van der Waals surface area contributed by atoms with E-state index in [0.717, 1.165) is 105 Å². The molecule has 0 saturated carbocycles. The molecule has 18 rings (SSSR count). The van der Waals surface area contributed by atoms with Gasteiger partial charge in [0.1, 0.15) is 22.7 Å². The van der Waals surface area contributed by atoms with Crippen LogP contribution >= 0.6 is 0 Å². The molecule has 1 aliphatic heterocycles. The van der Waals surface area contributed by atoms with Crippen molar-refractivity contribution < 1.29 is 9.15 Å². The van der Waals surface area contributed by atoms with Crippen LogP contribution in [0.3, 0.4) is 0 Å². The van der Waals surface area contributed by atoms with Gasteiger partial charge < -0.3 is 14.1 Å². The molecule has 3 heteroatoms. The van der Waals surface area contributed by atoms with Crippen molar-refractivity contribution in [1.29, 1.82) is 0 Å². The van der Waals surface area contributed by atoms with Crippen molar-refractivity contribution in [3.63, 3.8) is 0 Å². The minimum Gasteiger partial charge on any atom is -0.456 e. The highest BCUT2D eigenvalue weighted by molar-refractivity contribution is 6.12. The van der Waals surface area contributed by atoms with E-state index < -0.39 is 10.8 Å². The predicted molar refractivity (Wildman–Crippen MR) is 349 cm³/mol. The Morgan fingerprint density at radius 1 is 0.282 bits per heavy atom. The van der Waals surface area contributed by atoms with Crippen molar-refractivity contribution in [2.45, 2.75) is 10.8 Å². The summed E-state index contributed by atoms with van der Waals surface area (Å²) in [7, 11) is 0. The highest BCUT2D eigenvalue weighted by Gasteiger charge is 2.52. The summed E-state index contributed by atoms with van der Waals surface area (Å²) in [4.78, 5) is 2.47. The predicted octanol–water partition coefficient (Wildman–Crippen LogP) is 21.5. The van der Waals surface area contributed by atoms with Crippen molar-refractivity contribution in [3.8, 4) is 56.0 Å². The first-order valence-electron chi connectivity index (χ1n) is 29.4. The molecule has 0 saturated heterocycles. The van der Waals surface area contributed by atoms with Crippen molar-refractivity contribution in [2.75, 3.05) is 4.90 Å². The molecule has 15 aromatic rings. The Hall–Kier alpha value is -11.0. The summed E-state index contributed by atoms with van der Waals surface area (Å²) >= 11 is 0. The Kier molecular flexibility index (Phi) is 10.2. The lowest BCUT2D eigenvalue weighted by Crippen LogP contribution is -2.32. The first-order chi connectivity index (χ1) is 42.2. The van der Waals surface area contributed by atoms with Gasteiger partial charge in [-0.15, -0.1) is 0 Å². The smallest absolute Gasteiger partial charge is 0.140 e. The molecule has 1 spiro atoms. The third kappa shape index (κ3) is 6.66. The van der Waals surface area contributed by atoms with Crippen LogP contribution in [0.2, 0.25) is 0 Å². The molecule has 0 unspecified atom stereocenters.